The number of aromatic nitrogens is 4. The van der Waals surface area contributed by atoms with Crippen LogP contribution in [0.2, 0.25) is 0 Å². The average Bonchev–Trinajstić information content (AvgIpc) is 2.98. The van der Waals surface area contributed by atoms with Crippen LogP contribution in [-0.2, 0) is 24.4 Å². The van der Waals surface area contributed by atoms with Gasteiger partial charge >= 0.3 is 0 Å². The molecule has 2 rings (SSSR count). The van der Waals surface area contributed by atoms with E-state index in [0.29, 0.717) is 6.54 Å². The van der Waals surface area contributed by atoms with Crippen LogP contribution in [0.15, 0.2) is 24.5 Å². The van der Waals surface area contributed by atoms with Gasteiger partial charge in [-0.25, -0.2) is 0 Å². The Kier molecular flexibility index (Phi) is 3.99. The van der Waals surface area contributed by atoms with E-state index in [1.165, 1.54) is 0 Å². The Morgan fingerprint density at radius 2 is 2.00 bits per heavy atom. The largest absolute Gasteiger partial charge is 0.338 e. The maximum atomic E-state index is 12.0. The molecular formula is C13H19N5O. The number of aryl methyl sites for hydroxylation is 2. The minimum Gasteiger partial charge on any atom is -0.338 e. The second-order valence-electron chi connectivity index (χ2n) is 4.57. The second-order valence-corrected chi connectivity index (χ2v) is 4.57. The number of hydrogen-bond acceptors (Lipinski definition) is 3. The van der Waals surface area contributed by atoms with Gasteiger partial charge < -0.3 is 4.90 Å². The summed E-state index contributed by atoms with van der Waals surface area (Å²) in [6.07, 6.45) is 3.73. The summed E-state index contributed by atoms with van der Waals surface area (Å²) in [4.78, 5) is 13.7. The minimum absolute atomic E-state index is 0.0224. The van der Waals surface area contributed by atoms with Gasteiger partial charge in [-0.15, -0.1) is 0 Å². The van der Waals surface area contributed by atoms with Crippen LogP contribution in [0, 0.1) is 6.92 Å². The Hall–Kier alpha value is -2.11. The van der Waals surface area contributed by atoms with Crippen molar-refractivity contribution in [2.24, 2.45) is 0 Å². The molecule has 0 aliphatic carbocycles. The summed E-state index contributed by atoms with van der Waals surface area (Å²) in [5.74, 6) is 0.0224. The predicted octanol–water partition coefficient (Wildman–Crippen LogP) is 1.07. The van der Waals surface area contributed by atoms with Crippen LogP contribution in [0.4, 0.5) is 0 Å². The number of hydrogen-bond donors (Lipinski definition) is 0. The van der Waals surface area contributed by atoms with Crippen LogP contribution in [-0.4, -0.2) is 37.4 Å². The van der Waals surface area contributed by atoms with Gasteiger partial charge in [0.2, 0.25) is 5.91 Å². The molecule has 0 saturated heterocycles. The highest BCUT2D eigenvalue weighted by Gasteiger charge is 2.11. The van der Waals surface area contributed by atoms with Crippen molar-refractivity contribution in [3.8, 4) is 0 Å². The van der Waals surface area contributed by atoms with Crippen molar-refractivity contribution in [2.75, 3.05) is 7.05 Å². The van der Waals surface area contributed by atoms with Crippen molar-refractivity contribution < 1.29 is 4.79 Å². The van der Waals surface area contributed by atoms with Crippen molar-refractivity contribution in [1.82, 2.24) is 24.5 Å². The average molecular weight is 261 g/mol. The van der Waals surface area contributed by atoms with Gasteiger partial charge in [0.15, 0.2) is 0 Å². The van der Waals surface area contributed by atoms with Gasteiger partial charge in [-0.2, -0.15) is 10.2 Å². The summed E-state index contributed by atoms with van der Waals surface area (Å²) in [5, 5.41) is 8.57. The summed E-state index contributed by atoms with van der Waals surface area (Å²) in [5.41, 5.74) is 1.81. The molecule has 0 radical (unpaired) electrons. The monoisotopic (exact) mass is 261 g/mol. The molecule has 6 heteroatoms. The highest BCUT2D eigenvalue weighted by molar-refractivity contribution is 5.75. The molecule has 2 heterocycles. The lowest BCUT2D eigenvalue weighted by atomic mass is 10.4. The van der Waals surface area contributed by atoms with Crippen LogP contribution >= 0.6 is 0 Å². The molecule has 0 aliphatic rings. The van der Waals surface area contributed by atoms with Gasteiger partial charge in [-0.3, -0.25) is 14.2 Å². The molecule has 0 aliphatic heterocycles. The molecule has 0 atom stereocenters. The Bertz CT molecular complexity index is 557. The molecule has 6 nitrogen and oxygen atoms in total. The van der Waals surface area contributed by atoms with Crippen LogP contribution < -0.4 is 0 Å². The van der Waals surface area contributed by atoms with E-state index >= 15 is 0 Å². The van der Waals surface area contributed by atoms with Crippen LogP contribution in [0.5, 0.6) is 0 Å². The van der Waals surface area contributed by atoms with Crippen molar-refractivity contribution in [2.45, 2.75) is 33.5 Å². The summed E-state index contributed by atoms with van der Waals surface area (Å²) < 4.78 is 3.50. The SMILES string of the molecule is CCn1ccc(CN(C)C(=O)Cn2ccc(C)n2)n1. The van der Waals surface area contributed by atoms with Gasteiger partial charge in [0.25, 0.3) is 0 Å². The van der Waals surface area contributed by atoms with E-state index in [1.807, 2.05) is 43.1 Å². The number of carbonyl (C=O) groups excluding carboxylic acids is 1. The molecule has 0 unspecified atom stereocenters. The van der Waals surface area contributed by atoms with E-state index in [1.54, 1.807) is 16.6 Å². The molecule has 102 valence electrons. The van der Waals surface area contributed by atoms with E-state index < -0.39 is 0 Å². The van der Waals surface area contributed by atoms with E-state index in [4.69, 9.17) is 0 Å². The van der Waals surface area contributed by atoms with Gasteiger partial charge in [-0.1, -0.05) is 0 Å². The quantitative estimate of drug-likeness (QED) is 0.809. The summed E-state index contributed by atoms with van der Waals surface area (Å²) in [6, 6.07) is 3.82. The van der Waals surface area contributed by atoms with Crippen molar-refractivity contribution in [1.29, 1.82) is 0 Å². The Morgan fingerprint density at radius 3 is 2.58 bits per heavy atom. The number of nitrogens with zero attached hydrogens (tertiary/aromatic N) is 5. The lowest BCUT2D eigenvalue weighted by molar-refractivity contribution is -0.131. The maximum absolute atomic E-state index is 12.0. The first-order valence-electron chi connectivity index (χ1n) is 6.35. The maximum Gasteiger partial charge on any atom is 0.244 e. The Labute approximate surface area is 112 Å². The van der Waals surface area contributed by atoms with Crippen molar-refractivity contribution in [3.63, 3.8) is 0 Å². The normalized spacial score (nSPS) is 10.7. The standard InChI is InChI=1S/C13H19N5O/c1-4-17-8-6-12(15-17)9-16(3)13(19)10-18-7-5-11(2)14-18/h5-8H,4,9-10H2,1-3H3. The van der Waals surface area contributed by atoms with Crippen molar-refractivity contribution in [3.05, 3.63) is 35.9 Å². The van der Waals surface area contributed by atoms with Crippen LogP contribution in [0.3, 0.4) is 0 Å². The van der Waals surface area contributed by atoms with Gasteiger partial charge in [0.05, 0.1) is 17.9 Å². The van der Waals surface area contributed by atoms with Gasteiger partial charge in [0, 0.05) is 26.0 Å². The summed E-state index contributed by atoms with van der Waals surface area (Å²) in [6.45, 7) is 5.56. The van der Waals surface area contributed by atoms with Crippen molar-refractivity contribution >= 4 is 5.91 Å². The Balaban J connectivity index is 1.91. The number of amides is 1. The van der Waals surface area contributed by atoms with E-state index in [0.717, 1.165) is 17.9 Å². The molecule has 2 aromatic heterocycles. The zero-order chi connectivity index (χ0) is 13.8. The van der Waals surface area contributed by atoms with Gasteiger partial charge in [0.1, 0.15) is 6.54 Å². The highest BCUT2D eigenvalue weighted by Crippen LogP contribution is 2.02. The Morgan fingerprint density at radius 1 is 1.26 bits per heavy atom. The molecule has 19 heavy (non-hydrogen) atoms. The summed E-state index contributed by atoms with van der Waals surface area (Å²) >= 11 is 0. The fourth-order valence-electron chi connectivity index (χ4n) is 1.81. The zero-order valence-electron chi connectivity index (χ0n) is 11.6. The third kappa shape index (κ3) is 3.43. The third-order valence-electron chi connectivity index (χ3n) is 2.92. The number of rotatable bonds is 5. The molecule has 0 bridgehead atoms. The fraction of sp³-hybridized carbons (Fsp3) is 0.462. The molecule has 0 aromatic carbocycles. The molecule has 0 fully saturated rings. The van der Waals surface area contributed by atoms with E-state index in [9.17, 15) is 4.79 Å². The third-order valence-corrected chi connectivity index (χ3v) is 2.92. The fourth-order valence-corrected chi connectivity index (χ4v) is 1.81. The van der Waals surface area contributed by atoms with Crippen LogP contribution in [0.25, 0.3) is 0 Å². The lowest BCUT2D eigenvalue weighted by Gasteiger charge is -2.15. The van der Waals surface area contributed by atoms with E-state index in [2.05, 4.69) is 10.2 Å². The molecule has 0 N–H and O–H groups in total. The summed E-state index contributed by atoms with van der Waals surface area (Å²) in [7, 11) is 1.78. The number of carbonyl (C=O) groups is 1. The first-order chi connectivity index (χ1) is 9.08. The smallest absolute Gasteiger partial charge is 0.244 e. The molecule has 2 aromatic rings. The van der Waals surface area contributed by atoms with Crippen LogP contribution in [0.1, 0.15) is 18.3 Å². The van der Waals surface area contributed by atoms with E-state index in [-0.39, 0.29) is 12.5 Å². The molecular weight excluding hydrogens is 242 g/mol. The molecule has 0 saturated carbocycles. The predicted molar refractivity (Wildman–Crippen MR) is 71.3 cm³/mol. The first-order valence-corrected chi connectivity index (χ1v) is 6.35. The minimum atomic E-state index is 0.0224. The molecule has 0 spiro atoms. The number of likely N-dealkylation sites (N-methyl/N-ethyl adjacent to an activating group) is 1. The lowest BCUT2D eigenvalue weighted by Crippen LogP contribution is -2.30. The first kappa shape index (κ1) is 13.3. The van der Waals surface area contributed by atoms with Gasteiger partial charge in [-0.05, 0) is 26.0 Å². The zero-order valence-corrected chi connectivity index (χ0v) is 11.6. The highest BCUT2D eigenvalue weighted by atomic mass is 16.2. The molecule has 1 amide bonds. The second kappa shape index (κ2) is 5.69. The topological polar surface area (TPSA) is 56.0 Å².